The maximum absolute atomic E-state index is 11.8. The molecule has 0 saturated carbocycles. The van der Waals surface area contributed by atoms with Crippen molar-refractivity contribution in [3.8, 4) is 0 Å². The zero-order valence-electron chi connectivity index (χ0n) is 10.5. The minimum Gasteiger partial charge on any atom is -0.394 e. The smallest absolute Gasteiger partial charge is 0.220 e. The largest absolute Gasteiger partial charge is 0.394 e. The van der Waals surface area contributed by atoms with Crippen molar-refractivity contribution in [3.63, 3.8) is 0 Å². The minimum absolute atomic E-state index is 0.0663. The van der Waals surface area contributed by atoms with E-state index in [1.807, 2.05) is 0 Å². The first-order chi connectivity index (χ1) is 8.26. The number of hydrogen-bond donors (Lipinski definition) is 5. The molecule has 18 heavy (non-hydrogen) atoms. The van der Waals surface area contributed by atoms with Crippen LogP contribution in [0.3, 0.4) is 0 Å². The number of aliphatic hydroxyl groups is 4. The topological polar surface area (TPSA) is 141 Å². The van der Waals surface area contributed by atoms with Crippen LogP contribution < -0.4 is 5.73 Å². The molecule has 7 nitrogen and oxygen atoms in total. The Morgan fingerprint density at radius 3 is 2.06 bits per heavy atom. The number of carbonyl (C=O) groups excluding carboxylic acids is 2. The quantitative estimate of drug-likeness (QED) is 0.310. The van der Waals surface area contributed by atoms with Crippen LogP contribution in [0, 0.1) is 0 Å². The number of carbonyl (C=O) groups is 2. The Morgan fingerprint density at radius 1 is 1.22 bits per heavy atom. The van der Waals surface area contributed by atoms with E-state index in [0.717, 1.165) is 0 Å². The molecule has 0 saturated heterocycles. The summed E-state index contributed by atoms with van der Waals surface area (Å²) >= 11 is 0. The van der Waals surface area contributed by atoms with Gasteiger partial charge in [0.2, 0.25) is 5.78 Å². The summed E-state index contributed by atoms with van der Waals surface area (Å²) in [4.78, 5) is 23.1. The second kappa shape index (κ2) is 6.91. The van der Waals surface area contributed by atoms with Gasteiger partial charge in [0.25, 0.3) is 0 Å². The third-order valence-electron chi connectivity index (χ3n) is 3.01. The van der Waals surface area contributed by atoms with E-state index in [1.165, 1.54) is 13.8 Å². The van der Waals surface area contributed by atoms with E-state index in [1.54, 1.807) is 0 Å². The van der Waals surface area contributed by atoms with Crippen LogP contribution >= 0.6 is 0 Å². The number of rotatable bonds is 8. The predicted molar refractivity (Wildman–Crippen MR) is 62.6 cm³/mol. The third kappa shape index (κ3) is 3.33. The van der Waals surface area contributed by atoms with Crippen LogP contribution in [-0.4, -0.2) is 62.5 Å². The number of hydrogen-bond acceptors (Lipinski definition) is 7. The van der Waals surface area contributed by atoms with Crippen LogP contribution in [-0.2, 0) is 9.59 Å². The van der Waals surface area contributed by atoms with E-state index in [9.17, 15) is 24.9 Å². The Balaban J connectivity index is 5.15. The molecule has 4 atom stereocenters. The highest BCUT2D eigenvalue weighted by Gasteiger charge is 2.46. The highest BCUT2D eigenvalue weighted by molar-refractivity contribution is 6.40. The molecule has 0 spiro atoms. The van der Waals surface area contributed by atoms with E-state index in [2.05, 4.69) is 0 Å². The van der Waals surface area contributed by atoms with Crippen molar-refractivity contribution in [2.75, 3.05) is 6.61 Å². The Morgan fingerprint density at radius 2 is 1.72 bits per heavy atom. The molecule has 0 aromatic rings. The summed E-state index contributed by atoms with van der Waals surface area (Å²) in [7, 11) is 0. The van der Waals surface area contributed by atoms with Crippen molar-refractivity contribution in [2.45, 2.75) is 50.5 Å². The lowest BCUT2D eigenvalue weighted by Gasteiger charge is -2.35. The molecule has 0 heterocycles. The number of aliphatic hydroxyl groups excluding tert-OH is 4. The molecular formula is C11H21NO6. The minimum atomic E-state index is -1.97. The lowest BCUT2D eigenvalue weighted by molar-refractivity contribution is -0.149. The van der Waals surface area contributed by atoms with Gasteiger partial charge in [-0.25, -0.2) is 0 Å². The van der Waals surface area contributed by atoms with Gasteiger partial charge in [0, 0.05) is 6.42 Å². The molecule has 0 aromatic heterocycles. The van der Waals surface area contributed by atoms with Gasteiger partial charge >= 0.3 is 0 Å². The number of Topliss-reactive ketones (excluding diaryl/α,β-unsaturated/α-hetero) is 2. The SMILES string of the molecule is CCC(=O)C(=O)[C@@](N)(CC)[C@@H](O)[C@H](O)[C@H](O)CO. The second-order valence-electron chi connectivity index (χ2n) is 4.19. The zero-order valence-corrected chi connectivity index (χ0v) is 10.5. The van der Waals surface area contributed by atoms with Crippen LogP contribution in [0.5, 0.6) is 0 Å². The van der Waals surface area contributed by atoms with Crippen molar-refractivity contribution in [1.29, 1.82) is 0 Å². The highest BCUT2D eigenvalue weighted by atomic mass is 16.4. The summed E-state index contributed by atoms with van der Waals surface area (Å²) in [6.07, 6.45) is -5.45. The summed E-state index contributed by atoms with van der Waals surface area (Å²) in [5.41, 5.74) is 3.71. The zero-order chi connectivity index (χ0) is 14.5. The number of ketones is 2. The van der Waals surface area contributed by atoms with Crippen molar-refractivity contribution in [1.82, 2.24) is 0 Å². The van der Waals surface area contributed by atoms with Gasteiger partial charge in [0.1, 0.15) is 23.9 Å². The molecule has 0 aliphatic heterocycles. The van der Waals surface area contributed by atoms with Gasteiger partial charge in [0.05, 0.1) is 6.61 Å². The molecule has 0 radical (unpaired) electrons. The van der Waals surface area contributed by atoms with Crippen molar-refractivity contribution < 1.29 is 30.0 Å². The Labute approximate surface area is 105 Å². The van der Waals surface area contributed by atoms with Gasteiger partial charge in [-0.3, -0.25) is 9.59 Å². The van der Waals surface area contributed by atoms with Gasteiger partial charge in [0.15, 0.2) is 5.78 Å². The average Bonchev–Trinajstić information content (AvgIpc) is 2.41. The fraction of sp³-hybridized carbons (Fsp3) is 0.818. The van der Waals surface area contributed by atoms with Crippen LogP contribution in [0.25, 0.3) is 0 Å². The fourth-order valence-electron chi connectivity index (χ4n) is 1.55. The summed E-state index contributed by atoms with van der Waals surface area (Å²) in [6.45, 7) is 2.15. The van der Waals surface area contributed by atoms with Crippen LogP contribution in [0.4, 0.5) is 0 Å². The predicted octanol–water partition coefficient (Wildman–Crippen LogP) is -2.28. The van der Waals surface area contributed by atoms with E-state index in [0.29, 0.717) is 0 Å². The Bertz CT molecular complexity index is 308. The maximum Gasteiger partial charge on any atom is 0.220 e. The van der Waals surface area contributed by atoms with Gasteiger partial charge in [-0.1, -0.05) is 13.8 Å². The molecule has 0 amide bonds. The van der Waals surface area contributed by atoms with Crippen LogP contribution in [0.15, 0.2) is 0 Å². The Kier molecular flexibility index (Phi) is 6.58. The van der Waals surface area contributed by atoms with Gasteiger partial charge in [-0.15, -0.1) is 0 Å². The first kappa shape index (κ1) is 17.1. The van der Waals surface area contributed by atoms with Crippen LogP contribution in [0.2, 0.25) is 0 Å². The lowest BCUT2D eigenvalue weighted by Crippen LogP contribution is -2.64. The van der Waals surface area contributed by atoms with E-state index < -0.39 is 42.0 Å². The monoisotopic (exact) mass is 263 g/mol. The standard InChI is InChI=1S/C11H21NO6/c1-3-6(14)9(17)11(12,4-2)10(18)8(16)7(15)5-13/h7-8,10,13,15-16,18H,3-5,12H2,1-2H3/t7-,8-,10+,11+/m1/s1. The molecule has 7 heteroatoms. The van der Waals surface area contributed by atoms with Gasteiger partial charge < -0.3 is 26.2 Å². The summed E-state index contributed by atoms with van der Waals surface area (Å²) < 4.78 is 0. The molecule has 0 aliphatic rings. The first-order valence-corrected chi connectivity index (χ1v) is 5.77. The van der Waals surface area contributed by atoms with Gasteiger partial charge in [-0.2, -0.15) is 0 Å². The van der Waals surface area contributed by atoms with Gasteiger partial charge in [-0.05, 0) is 6.42 Å². The highest BCUT2D eigenvalue weighted by Crippen LogP contribution is 2.19. The third-order valence-corrected chi connectivity index (χ3v) is 3.01. The maximum atomic E-state index is 11.8. The Hall–Kier alpha value is -0.860. The van der Waals surface area contributed by atoms with E-state index >= 15 is 0 Å². The number of nitrogens with two attached hydrogens (primary N) is 1. The lowest BCUT2D eigenvalue weighted by atomic mass is 9.80. The average molecular weight is 263 g/mol. The van der Waals surface area contributed by atoms with E-state index in [4.69, 9.17) is 10.8 Å². The normalized spacial score (nSPS) is 19.7. The summed E-state index contributed by atoms with van der Waals surface area (Å²) in [5, 5.41) is 37.3. The molecule has 0 fully saturated rings. The van der Waals surface area contributed by atoms with Crippen LogP contribution in [0.1, 0.15) is 26.7 Å². The summed E-state index contributed by atoms with van der Waals surface area (Å²) in [5.74, 6) is -1.76. The van der Waals surface area contributed by atoms with Crippen molar-refractivity contribution >= 4 is 11.6 Å². The van der Waals surface area contributed by atoms with E-state index in [-0.39, 0.29) is 12.8 Å². The molecule has 0 bridgehead atoms. The van der Waals surface area contributed by atoms with Crippen molar-refractivity contribution in [2.24, 2.45) is 5.73 Å². The molecule has 0 aromatic carbocycles. The molecule has 106 valence electrons. The first-order valence-electron chi connectivity index (χ1n) is 5.77. The second-order valence-corrected chi connectivity index (χ2v) is 4.19. The molecule has 0 aliphatic carbocycles. The fourth-order valence-corrected chi connectivity index (χ4v) is 1.55. The van der Waals surface area contributed by atoms with Crippen molar-refractivity contribution in [3.05, 3.63) is 0 Å². The molecular weight excluding hydrogens is 242 g/mol. The molecule has 0 unspecified atom stereocenters. The molecule has 6 N–H and O–H groups in total. The molecule has 0 rings (SSSR count). The summed E-state index contributed by atoms with van der Waals surface area (Å²) in [6, 6.07) is 0.